The molecule has 0 unspecified atom stereocenters. The van der Waals surface area contributed by atoms with Gasteiger partial charge in [0, 0.05) is 30.1 Å². The van der Waals surface area contributed by atoms with E-state index in [0.717, 1.165) is 12.0 Å². The molecule has 3 aromatic rings. The molecule has 0 fully saturated rings. The van der Waals surface area contributed by atoms with E-state index in [1.54, 1.807) is 12.3 Å². The third-order valence-electron chi connectivity index (χ3n) is 3.69. The number of hydrogen-bond acceptors (Lipinski definition) is 9. The summed E-state index contributed by atoms with van der Waals surface area (Å²) in [5.41, 5.74) is 0.789. The number of carbonyl (C=O) groups excluding carboxylic acids is 1. The summed E-state index contributed by atoms with van der Waals surface area (Å²) in [4.78, 5) is 42.7. The SMILES string of the molecule is Cc1ccnc(SCc2cc(=O)c(OC(=O)Cc3ccc([N+](=O)[O-])cc3)co2)n1. The van der Waals surface area contributed by atoms with Gasteiger partial charge < -0.3 is 9.15 Å². The van der Waals surface area contributed by atoms with E-state index in [0.29, 0.717) is 22.2 Å². The van der Waals surface area contributed by atoms with Crippen molar-refractivity contribution >= 4 is 23.4 Å². The second kappa shape index (κ2) is 9.11. The Balaban J connectivity index is 1.58. The molecule has 0 amide bonds. The molecule has 0 aliphatic rings. The van der Waals surface area contributed by atoms with Gasteiger partial charge in [-0.15, -0.1) is 0 Å². The molecule has 0 bridgehead atoms. The van der Waals surface area contributed by atoms with Crippen LogP contribution in [0, 0.1) is 17.0 Å². The number of ether oxygens (including phenoxy) is 1. The van der Waals surface area contributed by atoms with Crippen LogP contribution in [-0.4, -0.2) is 20.9 Å². The maximum absolute atomic E-state index is 12.2. The minimum atomic E-state index is -0.679. The van der Waals surface area contributed by atoms with Gasteiger partial charge in [0.15, 0.2) is 5.16 Å². The van der Waals surface area contributed by atoms with E-state index in [4.69, 9.17) is 9.15 Å². The summed E-state index contributed by atoms with van der Waals surface area (Å²) >= 11 is 1.31. The molecule has 0 radical (unpaired) electrons. The van der Waals surface area contributed by atoms with Crippen LogP contribution in [0.15, 0.2) is 63.2 Å². The largest absolute Gasteiger partial charge is 0.464 e. The standard InChI is InChI=1S/C19H15N3O6S/c1-12-6-7-20-19(21-12)29-11-15-9-16(23)17(10-27-15)28-18(24)8-13-2-4-14(5-3-13)22(25)26/h2-7,9-10H,8,11H2,1H3. The Hall–Kier alpha value is -3.53. The first kappa shape index (κ1) is 20.2. The first-order valence-corrected chi connectivity index (χ1v) is 9.37. The van der Waals surface area contributed by atoms with E-state index in [1.807, 2.05) is 6.92 Å². The van der Waals surface area contributed by atoms with Gasteiger partial charge in [0.2, 0.25) is 11.2 Å². The lowest BCUT2D eigenvalue weighted by atomic mass is 10.1. The third-order valence-corrected chi connectivity index (χ3v) is 4.57. The number of thioether (sulfide) groups is 1. The van der Waals surface area contributed by atoms with Gasteiger partial charge in [-0.3, -0.25) is 19.7 Å². The number of esters is 1. The second-order valence-electron chi connectivity index (χ2n) is 5.92. The van der Waals surface area contributed by atoms with Gasteiger partial charge in [-0.05, 0) is 18.6 Å². The van der Waals surface area contributed by atoms with Gasteiger partial charge >= 0.3 is 5.97 Å². The van der Waals surface area contributed by atoms with Gasteiger partial charge in [-0.2, -0.15) is 0 Å². The Morgan fingerprint density at radius 2 is 2.03 bits per heavy atom. The predicted molar refractivity (Wildman–Crippen MR) is 104 cm³/mol. The molecule has 2 aromatic heterocycles. The summed E-state index contributed by atoms with van der Waals surface area (Å²) in [5, 5.41) is 11.2. The zero-order valence-corrected chi connectivity index (χ0v) is 16.0. The number of nitro groups is 1. The van der Waals surface area contributed by atoms with E-state index in [9.17, 15) is 19.7 Å². The molecule has 3 rings (SSSR count). The van der Waals surface area contributed by atoms with Crippen molar-refractivity contribution in [3.8, 4) is 5.75 Å². The molecular weight excluding hydrogens is 398 g/mol. The summed E-state index contributed by atoms with van der Waals surface area (Å²) in [7, 11) is 0. The van der Waals surface area contributed by atoms with Gasteiger partial charge in [0.25, 0.3) is 5.69 Å². The molecular formula is C19H15N3O6S. The van der Waals surface area contributed by atoms with Crippen molar-refractivity contribution in [1.82, 2.24) is 9.97 Å². The summed E-state index contributed by atoms with van der Waals surface area (Å²) in [5.74, 6) is -0.172. The van der Waals surface area contributed by atoms with Gasteiger partial charge in [0.05, 0.1) is 17.1 Å². The van der Waals surface area contributed by atoms with Crippen LogP contribution in [0.2, 0.25) is 0 Å². The van der Waals surface area contributed by atoms with Crippen LogP contribution >= 0.6 is 11.8 Å². The maximum atomic E-state index is 12.2. The maximum Gasteiger partial charge on any atom is 0.315 e. The van der Waals surface area contributed by atoms with Crippen molar-refractivity contribution in [1.29, 1.82) is 0 Å². The van der Waals surface area contributed by atoms with Crippen LogP contribution in [0.1, 0.15) is 17.0 Å². The molecule has 0 saturated heterocycles. The van der Waals surface area contributed by atoms with Crippen LogP contribution < -0.4 is 10.2 Å². The van der Waals surface area contributed by atoms with E-state index in [1.165, 1.54) is 42.1 Å². The number of carbonyl (C=O) groups is 1. The van der Waals surface area contributed by atoms with Crippen molar-refractivity contribution in [2.75, 3.05) is 0 Å². The predicted octanol–water partition coefficient (Wildman–Crippen LogP) is 3.09. The number of nitro benzene ring substituents is 1. The lowest BCUT2D eigenvalue weighted by Gasteiger charge is -2.05. The van der Waals surface area contributed by atoms with Crippen LogP contribution in [0.25, 0.3) is 0 Å². The van der Waals surface area contributed by atoms with E-state index in [2.05, 4.69) is 9.97 Å². The summed E-state index contributed by atoms with van der Waals surface area (Å²) in [6.07, 6.45) is 2.59. The number of rotatable bonds is 7. The first-order valence-electron chi connectivity index (χ1n) is 8.39. The number of aromatic nitrogens is 2. The lowest BCUT2D eigenvalue weighted by molar-refractivity contribution is -0.384. The molecule has 0 saturated carbocycles. The first-order chi connectivity index (χ1) is 13.9. The van der Waals surface area contributed by atoms with Crippen molar-refractivity contribution in [2.24, 2.45) is 0 Å². The Labute approximate surface area is 168 Å². The van der Waals surface area contributed by atoms with E-state index < -0.39 is 16.3 Å². The Morgan fingerprint density at radius 1 is 1.28 bits per heavy atom. The summed E-state index contributed by atoms with van der Waals surface area (Å²) < 4.78 is 10.4. The van der Waals surface area contributed by atoms with Crippen molar-refractivity contribution in [3.63, 3.8) is 0 Å². The zero-order chi connectivity index (χ0) is 20.8. The highest BCUT2D eigenvalue weighted by molar-refractivity contribution is 7.98. The van der Waals surface area contributed by atoms with Gasteiger partial charge in [-0.25, -0.2) is 9.97 Å². The molecule has 0 atom stereocenters. The quantitative estimate of drug-likeness (QED) is 0.189. The molecule has 0 aliphatic heterocycles. The van der Waals surface area contributed by atoms with Gasteiger partial charge in [0.1, 0.15) is 12.0 Å². The van der Waals surface area contributed by atoms with Gasteiger partial charge in [-0.1, -0.05) is 23.9 Å². The number of non-ortho nitro benzene ring substituents is 1. The molecule has 0 aliphatic carbocycles. The average molecular weight is 413 g/mol. The van der Waals surface area contributed by atoms with Crippen LogP contribution in [0.5, 0.6) is 5.75 Å². The molecule has 0 N–H and O–H groups in total. The van der Waals surface area contributed by atoms with E-state index in [-0.39, 0.29) is 17.9 Å². The van der Waals surface area contributed by atoms with Crippen LogP contribution in [0.3, 0.4) is 0 Å². The molecule has 9 nitrogen and oxygen atoms in total. The molecule has 1 aromatic carbocycles. The summed E-state index contributed by atoms with van der Waals surface area (Å²) in [6, 6.07) is 8.52. The smallest absolute Gasteiger partial charge is 0.315 e. The second-order valence-corrected chi connectivity index (χ2v) is 6.86. The Morgan fingerprint density at radius 3 is 2.69 bits per heavy atom. The highest BCUT2D eigenvalue weighted by atomic mass is 32.2. The molecule has 10 heteroatoms. The highest BCUT2D eigenvalue weighted by Gasteiger charge is 2.13. The average Bonchev–Trinajstić information content (AvgIpc) is 2.69. The molecule has 0 spiro atoms. The van der Waals surface area contributed by atoms with Crippen LogP contribution in [0.4, 0.5) is 5.69 Å². The minimum Gasteiger partial charge on any atom is -0.464 e. The summed E-state index contributed by atoms with van der Waals surface area (Å²) in [6.45, 7) is 1.85. The third kappa shape index (κ3) is 5.72. The molecule has 29 heavy (non-hydrogen) atoms. The lowest BCUT2D eigenvalue weighted by Crippen LogP contribution is -2.16. The van der Waals surface area contributed by atoms with Crippen molar-refractivity contribution in [2.45, 2.75) is 24.3 Å². The monoisotopic (exact) mass is 413 g/mol. The zero-order valence-electron chi connectivity index (χ0n) is 15.2. The Kier molecular flexibility index (Phi) is 6.35. The van der Waals surface area contributed by atoms with Crippen molar-refractivity contribution in [3.05, 3.63) is 86.2 Å². The van der Waals surface area contributed by atoms with Crippen molar-refractivity contribution < 1.29 is 18.9 Å². The number of hydrogen-bond donors (Lipinski definition) is 0. The number of aryl methyl sites for hydroxylation is 1. The normalized spacial score (nSPS) is 10.5. The number of benzene rings is 1. The van der Waals surface area contributed by atoms with E-state index >= 15 is 0 Å². The highest BCUT2D eigenvalue weighted by Crippen LogP contribution is 2.19. The fraction of sp³-hybridized carbons (Fsp3) is 0.158. The molecule has 148 valence electrons. The minimum absolute atomic E-state index is 0.0766. The number of nitrogens with zero attached hydrogens (tertiary/aromatic N) is 3. The topological polar surface area (TPSA) is 125 Å². The van der Waals surface area contributed by atoms with Crippen LogP contribution in [-0.2, 0) is 17.0 Å². The Bertz CT molecular complexity index is 1100. The fourth-order valence-electron chi connectivity index (χ4n) is 2.28. The fourth-order valence-corrected chi connectivity index (χ4v) is 3.05. The molecule has 2 heterocycles.